The summed E-state index contributed by atoms with van der Waals surface area (Å²) in [5.74, 6) is 0.845. The van der Waals surface area contributed by atoms with E-state index in [-0.39, 0.29) is 10.8 Å². The number of aliphatic hydroxyl groups is 1. The third kappa shape index (κ3) is 1.56. The molecule has 1 aliphatic heterocycles. The van der Waals surface area contributed by atoms with Gasteiger partial charge in [-0.15, -0.1) is 0 Å². The van der Waals surface area contributed by atoms with Gasteiger partial charge in [0, 0.05) is 17.1 Å². The third-order valence-electron chi connectivity index (χ3n) is 2.11. The number of thioether (sulfide) groups is 1. The van der Waals surface area contributed by atoms with Crippen molar-refractivity contribution in [2.24, 2.45) is 0 Å². The van der Waals surface area contributed by atoms with Crippen molar-refractivity contribution in [3.8, 4) is 0 Å². The third-order valence-corrected chi connectivity index (χ3v) is 3.45. The first-order valence-corrected chi connectivity index (χ1v) is 5.46. The number of rotatable bonds is 0. The molecule has 1 heterocycles. The van der Waals surface area contributed by atoms with Gasteiger partial charge < -0.3 is 5.11 Å². The second-order valence-corrected chi connectivity index (χ2v) is 4.40. The van der Waals surface area contributed by atoms with E-state index >= 15 is 0 Å². The van der Waals surface area contributed by atoms with Crippen LogP contribution < -0.4 is 0 Å². The first kappa shape index (κ1) is 9.31. The lowest BCUT2D eigenvalue weighted by molar-refractivity contribution is 0.201. The Morgan fingerprint density at radius 2 is 2.31 bits per heavy atom. The smallest absolute Gasteiger partial charge is 0.146 e. The highest BCUT2D eigenvalue weighted by molar-refractivity contribution is 7.98. The van der Waals surface area contributed by atoms with Gasteiger partial charge >= 0.3 is 0 Å². The summed E-state index contributed by atoms with van der Waals surface area (Å²) in [4.78, 5) is 0. The van der Waals surface area contributed by atoms with Crippen molar-refractivity contribution in [1.29, 1.82) is 0 Å². The van der Waals surface area contributed by atoms with Crippen molar-refractivity contribution in [3.63, 3.8) is 0 Å². The number of halogens is 2. The molecule has 0 aromatic heterocycles. The van der Waals surface area contributed by atoms with E-state index in [0.29, 0.717) is 22.6 Å². The van der Waals surface area contributed by atoms with E-state index in [9.17, 15) is 9.50 Å². The Morgan fingerprint density at radius 1 is 1.54 bits per heavy atom. The monoisotopic (exact) mass is 218 g/mol. The fraction of sp³-hybridized carbons (Fsp3) is 0.333. The molecule has 4 heteroatoms. The zero-order chi connectivity index (χ0) is 9.42. The molecule has 13 heavy (non-hydrogen) atoms. The highest BCUT2D eigenvalue weighted by Crippen LogP contribution is 2.35. The zero-order valence-electron chi connectivity index (χ0n) is 6.76. The van der Waals surface area contributed by atoms with Gasteiger partial charge in [-0.2, -0.15) is 11.8 Å². The Balaban J connectivity index is 2.56. The van der Waals surface area contributed by atoms with Crippen LogP contribution in [0.2, 0.25) is 5.02 Å². The first-order valence-electron chi connectivity index (χ1n) is 3.92. The number of hydrogen-bond donors (Lipinski definition) is 1. The van der Waals surface area contributed by atoms with Gasteiger partial charge in [0.15, 0.2) is 0 Å². The Kier molecular flexibility index (Phi) is 2.49. The Bertz CT molecular complexity index is 343. The van der Waals surface area contributed by atoms with Gasteiger partial charge in [-0.25, -0.2) is 4.39 Å². The predicted molar refractivity (Wildman–Crippen MR) is 52.5 cm³/mol. The average Bonchev–Trinajstić information content (AvgIpc) is 2.12. The molecule has 1 nitrogen and oxygen atoms in total. The fourth-order valence-electron chi connectivity index (χ4n) is 1.43. The summed E-state index contributed by atoms with van der Waals surface area (Å²) >= 11 is 7.15. The van der Waals surface area contributed by atoms with Crippen molar-refractivity contribution in [3.05, 3.63) is 34.1 Å². The molecule has 0 aliphatic carbocycles. The van der Waals surface area contributed by atoms with Crippen LogP contribution in [0.15, 0.2) is 12.1 Å². The molecule has 1 atom stereocenters. The molecule has 1 aliphatic rings. The lowest BCUT2D eigenvalue weighted by Gasteiger charge is -2.21. The Hall–Kier alpha value is -0.250. The number of hydrogen-bond acceptors (Lipinski definition) is 2. The summed E-state index contributed by atoms with van der Waals surface area (Å²) < 4.78 is 13.4. The summed E-state index contributed by atoms with van der Waals surface area (Å²) in [6, 6.07) is 3.19. The van der Waals surface area contributed by atoms with Crippen LogP contribution in [0.4, 0.5) is 4.39 Å². The van der Waals surface area contributed by atoms with Crippen LogP contribution in [0.5, 0.6) is 0 Å². The largest absolute Gasteiger partial charge is 0.388 e. The molecule has 0 amide bonds. The van der Waals surface area contributed by atoms with Crippen LogP contribution in [-0.2, 0) is 5.75 Å². The molecular formula is C9H8ClFOS. The molecule has 0 fully saturated rings. The van der Waals surface area contributed by atoms with Crippen LogP contribution in [0.25, 0.3) is 0 Å². The van der Waals surface area contributed by atoms with Crippen molar-refractivity contribution < 1.29 is 9.50 Å². The van der Waals surface area contributed by atoms with E-state index in [1.807, 2.05) is 0 Å². The number of benzene rings is 1. The molecule has 70 valence electrons. The van der Waals surface area contributed by atoms with Crippen LogP contribution in [0.3, 0.4) is 0 Å². The summed E-state index contributed by atoms with van der Waals surface area (Å²) in [7, 11) is 0. The van der Waals surface area contributed by atoms with Crippen molar-refractivity contribution in [1.82, 2.24) is 0 Å². The second kappa shape index (κ2) is 3.48. The number of fused-ring (bicyclic) bond motifs is 1. The summed E-state index contributed by atoms with van der Waals surface area (Å²) in [6.07, 6.45) is -0.555. The molecule has 0 bridgehead atoms. The first-order chi connectivity index (χ1) is 6.20. The summed E-state index contributed by atoms with van der Waals surface area (Å²) in [5.41, 5.74) is 1.23. The van der Waals surface area contributed by atoms with E-state index in [1.54, 1.807) is 6.07 Å². The molecule has 1 aromatic rings. The molecule has 0 spiro atoms. The van der Waals surface area contributed by atoms with Gasteiger partial charge in [-0.05, 0) is 11.6 Å². The Morgan fingerprint density at radius 3 is 3.08 bits per heavy atom. The minimum Gasteiger partial charge on any atom is -0.388 e. The maximum Gasteiger partial charge on any atom is 0.146 e. The highest BCUT2D eigenvalue weighted by Gasteiger charge is 2.22. The Labute approximate surface area is 84.9 Å². The molecule has 0 saturated carbocycles. The molecule has 1 unspecified atom stereocenters. The maximum atomic E-state index is 13.4. The SMILES string of the molecule is OC1CSCc2c1ccc(Cl)c2F. The van der Waals surface area contributed by atoms with Crippen molar-refractivity contribution >= 4 is 23.4 Å². The van der Waals surface area contributed by atoms with Crippen LogP contribution >= 0.6 is 23.4 Å². The van der Waals surface area contributed by atoms with Gasteiger partial charge in [0.05, 0.1) is 11.1 Å². The summed E-state index contributed by atoms with van der Waals surface area (Å²) in [6.45, 7) is 0. The van der Waals surface area contributed by atoms with Gasteiger partial charge in [-0.3, -0.25) is 0 Å². The summed E-state index contributed by atoms with van der Waals surface area (Å²) in [5, 5.41) is 9.68. The predicted octanol–water partition coefficient (Wildman–Crippen LogP) is 2.76. The van der Waals surface area contributed by atoms with Crippen LogP contribution in [-0.4, -0.2) is 10.9 Å². The lowest BCUT2D eigenvalue weighted by atomic mass is 10.0. The lowest BCUT2D eigenvalue weighted by Crippen LogP contribution is -2.11. The molecule has 1 N–H and O–H groups in total. The van der Waals surface area contributed by atoms with Gasteiger partial charge in [0.1, 0.15) is 5.82 Å². The van der Waals surface area contributed by atoms with Crippen molar-refractivity contribution in [2.75, 3.05) is 5.75 Å². The molecule has 1 aromatic carbocycles. The van der Waals surface area contributed by atoms with E-state index in [2.05, 4.69) is 0 Å². The quantitative estimate of drug-likeness (QED) is 0.723. The minimum atomic E-state index is -0.555. The second-order valence-electron chi connectivity index (χ2n) is 2.96. The van der Waals surface area contributed by atoms with Crippen LogP contribution in [0, 0.1) is 5.82 Å². The van der Waals surface area contributed by atoms with E-state index < -0.39 is 6.10 Å². The van der Waals surface area contributed by atoms with E-state index in [0.717, 1.165) is 0 Å². The molecule has 0 radical (unpaired) electrons. The van der Waals surface area contributed by atoms with Gasteiger partial charge in [-0.1, -0.05) is 17.7 Å². The highest BCUT2D eigenvalue weighted by atomic mass is 35.5. The van der Waals surface area contributed by atoms with Gasteiger partial charge in [0.25, 0.3) is 0 Å². The number of aliphatic hydroxyl groups excluding tert-OH is 1. The van der Waals surface area contributed by atoms with Crippen LogP contribution in [0.1, 0.15) is 17.2 Å². The van der Waals surface area contributed by atoms with E-state index in [4.69, 9.17) is 11.6 Å². The van der Waals surface area contributed by atoms with E-state index in [1.165, 1.54) is 17.8 Å². The minimum absolute atomic E-state index is 0.133. The zero-order valence-corrected chi connectivity index (χ0v) is 8.33. The van der Waals surface area contributed by atoms with Crippen molar-refractivity contribution in [2.45, 2.75) is 11.9 Å². The molecule has 0 saturated heterocycles. The normalized spacial score (nSPS) is 21.3. The molecular weight excluding hydrogens is 211 g/mol. The maximum absolute atomic E-state index is 13.4. The fourth-order valence-corrected chi connectivity index (χ4v) is 2.62. The average molecular weight is 219 g/mol. The van der Waals surface area contributed by atoms with Gasteiger partial charge in [0.2, 0.25) is 0 Å². The topological polar surface area (TPSA) is 20.2 Å². The molecule has 2 rings (SSSR count). The standard InChI is InChI=1S/C9H8ClFOS/c10-7-2-1-5-6(9(7)11)3-13-4-8(5)12/h1-2,8,12H,3-4H2.